The molecule has 0 amide bonds. The number of hydrogen-bond donors (Lipinski definition) is 1. The van der Waals surface area contributed by atoms with E-state index in [-0.39, 0.29) is 5.82 Å². The Balaban J connectivity index is 2.13. The van der Waals surface area contributed by atoms with Crippen molar-refractivity contribution in [3.8, 4) is 0 Å². The SMILES string of the molecule is Cc1cc(NSc2ccc(F)cc2)cc(C(F)(F)F)c1. The molecule has 0 unspecified atom stereocenters. The molecule has 1 N–H and O–H groups in total. The van der Waals surface area contributed by atoms with Crippen molar-refractivity contribution in [2.75, 3.05) is 4.72 Å². The van der Waals surface area contributed by atoms with E-state index in [0.29, 0.717) is 16.1 Å². The quantitative estimate of drug-likeness (QED) is 0.612. The van der Waals surface area contributed by atoms with Crippen LogP contribution in [-0.2, 0) is 6.18 Å². The fraction of sp³-hybridized carbons (Fsp3) is 0.143. The highest BCUT2D eigenvalue weighted by atomic mass is 32.2. The van der Waals surface area contributed by atoms with Crippen LogP contribution in [0.15, 0.2) is 47.4 Å². The van der Waals surface area contributed by atoms with Crippen LogP contribution in [0.5, 0.6) is 0 Å². The number of halogens is 4. The summed E-state index contributed by atoms with van der Waals surface area (Å²) in [5.41, 5.74) is 0.174. The van der Waals surface area contributed by atoms with Crippen molar-refractivity contribution in [2.45, 2.75) is 18.0 Å². The van der Waals surface area contributed by atoms with E-state index < -0.39 is 11.7 Å². The van der Waals surface area contributed by atoms with Gasteiger partial charge in [0.2, 0.25) is 0 Å². The van der Waals surface area contributed by atoms with Gasteiger partial charge in [0.1, 0.15) is 5.82 Å². The normalized spacial score (nSPS) is 11.4. The maximum Gasteiger partial charge on any atom is 0.416 e. The van der Waals surface area contributed by atoms with Crippen LogP contribution in [0.3, 0.4) is 0 Å². The Morgan fingerprint density at radius 1 is 1.00 bits per heavy atom. The number of alkyl halides is 3. The summed E-state index contributed by atoms with van der Waals surface area (Å²) in [6, 6.07) is 9.44. The van der Waals surface area contributed by atoms with Gasteiger partial charge in [-0.1, -0.05) is 0 Å². The lowest BCUT2D eigenvalue weighted by Crippen LogP contribution is -2.05. The summed E-state index contributed by atoms with van der Waals surface area (Å²) in [5.74, 6) is -0.357. The Morgan fingerprint density at radius 2 is 1.65 bits per heavy atom. The van der Waals surface area contributed by atoms with Crippen molar-refractivity contribution in [3.63, 3.8) is 0 Å². The lowest BCUT2D eigenvalue weighted by molar-refractivity contribution is -0.137. The summed E-state index contributed by atoms with van der Waals surface area (Å²) < 4.78 is 53.6. The van der Waals surface area contributed by atoms with Crippen LogP contribution in [0, 0.1) is 12.7 Å². The average Bonchev–Trinajstić information content (AvgIpc) is 2.36. The molecule has 0 heterocycles. The first-order valence-electron chi connectivity index (χ1n) is 5.72. The second-order valence-corrected chi connectivity index (χ2v) is 5.12. The summed E-state index contributed by atoms with van der Waals surface area (Å²) in [7, 11) is 0. The molecular formula is C14H11F4NS. The minimum absolute atomic E-state index is 0.353. The monoisotopic (exact) mass is 301 g/mol. The Morgan fingerprint density at radius 3 is 2.25 bits per heavy atom. The first kappa shape index (κ1) is 14.7. The maximum absolute atomic E-state index is 12.7. The van der Waals surface area contributed by atoms with Crippen molar-refractivity contribution in [1.29, 1.82) is 0 Å². The summed E-state index contributed by atoms with van der Waals surface area (Å²) >= 11 is 1.13. The number of rotatable bonds is 3. The number of nitrogens with one attached hydrogen (secondary N) is 1. The fourth-order valence-electron chi connectivity index (χ4n) is 1.63. The molecule has 0 spiro atoms. The van der Waals surface area contributed by atoms with E-state index >= 15 is 0 Å². The van der Waals surface area contributed by atoms with E-state index in [9.17, 15) is 17.6 Å². The number of anilines is 1. The van der Waals surface area contributed by atoms with Gasteiger partial charge in [0.05, 0.1) is 5.56 Å². The molecule has 0 aliphatic carbocycles. The first-order valence-corrected chi connectivity index (χ1v) is 6.53. The predicted molar refractivity (Wildman–Crippen MR) is 72.1 cm³/mol. The molecule has 0 aromatic heterocycles. The zero-order valence-electron chi connectivity index (χ0n) is 10.5. The minimum Gasteiger partial charge on any atom is -0.326 e. The van der Waals surface area contributed by atoms with Crippen molar-refractivity contribution in [1.82, 2.24) is 0 Å². The van der Waals surface area contributed by atoms with E-state index in [2.05, 4.69) is 4.72 Å². The fourth-order valence-corrected chi connectivity index (χ4v) is 2.25. The van der Waals surface area contributed by atoms with Gasteiger partial charge < -0.3 is 4.72 Å². The second kappa shape index (κ2) is 5.75. The molecule has 0 aliphatic heterocycles. The molecule has 0 atom stereocenters. The van der Waals surface area contributed by atoms with Crippen LogP contribution < -0.4 is 4.72 Å². The van der Waals surface area contributed by atoms with Gasteiger partial charge in [-0.15, -0.1) is 0 Å². The van der Waals surface area contributed by atoms with Gasteiger partial charge in [-0.3, -0.25) is 0 Å². The molecule has 106 valence electrons. The molecule has 2 rings (SSSR count). The standard InChI is InChI=1S/C14H11F4NS/c1-9-6-10(14(16,17)18)8-12(7-9)19-20-13-4-2-11(15)3-5-13/h2-8,19H,1H3. The summed E-state index contributed by atoms with van der Waals surface area (Å²) in [6.45, 7) is 1.60. The second-order valence-electron chi connectivity index (χ2n) is 4.24. The van der Waals surface area contributed by atoms with Crippen LogP contribution in [0.2, 0.25) is 0 Å². The van der Waals surface area contributed by atoms with E-state index in [1.807, 2.05) is 0 Å². The van der Waals surface area contributed by atoms with Crippen molar-refractivity contribution in [2.24, 2.45) is 0 Å². The number of hydrogen-bond acceptors (Lipinski definition) is 2. The lowest BCUT2D eigenvalue weighted by atomic mass is 10.1. The third-order valence-corrected chi connectivity index (χ3v) is 3.35. The zero-order chi connectivity index (χ0) is 14.8. The highest BCUT2D eigenvalue weighted by Crippen LogP contribution is 2.33. The van der Waals surface area contributed by atoms with E-state index in [0.717, 1.165) is 24.1 Å². The van der Waals surface area contributed by atoms with Crippen LogP contribution in [-0.4, -0.2) is 0 Å². The summed E-state index contributed by atoms with van der Waals surface area (Å²) in [6.07, 6.45) is -4.37. The topological polar surface area (TPSA) is 12.0 Å². The predicted octanol–water partition coefficient (Wildman–Crippen LogP) is 5.27. The van der Waals surface area contributed by atoms with Crippen molar-refractivity contribution < 1.29 is 17.6 Å². The van der Waals surface area contributed by atoms with E-state index in [1.165, 1.54) is 12.1 Å². The molecular weight excluding hydrogens is 290 g/mol. The first-order chi connectivity index (χ1) is 9.34. The third kappa shape index (κ3) is 3.90. The molecule has 2 aromatic carbocycles. The van der Waals surface area contributed by atoms with E-state index in [4.69, 9.17) is 0 Å². The number of benzene rings is 2. The Hall–Kier alpha value is -1.69. The van der Waals surface area contributed by atoms with Crippen molar-refractivity contribution >= 4 is 17.6 Å². The maximum atomic E-state index is 12.7. The smallest absolute Gasteiger partial charge is 0.326 e. The Labute approximate surface area is 118 Å². The van der Waals surface area contributed by atoms with Gasteiger partial charge in [0.15, 0.2) is 0 Å². The van der Waals surface area contributed by atoms with Gasteiger partial charge >= 0.3 is 6.18 Å². The van der Waals surface area contributed by atoms with E-state index in [1.54, 1.807) is 25.1 Å². The van der Waals surface area contributed by atoms with Crippen LogP contribution in [0.4, 0.5) is 23.2 Å². The minimum atomic E-state index is -4.37. The Kier molecular flexibility index (Phi) is 4.23. The average molecular weight is 301 g/mol. The molecule has 0 saturated heterocycles. The highest BCUT2D eigenvalue weighted by Gasteiger charge is 2.30. The van der Waals surface area contributed by atoms with Crippen LogP contribution in [0.25, 0.3) is 0 Å². The molecule has 2 aromatic rings. The molecule has 6 heteroatoms. The van der Waals surface area contributed by atoms with Gasteiger partial charge in [0, 0.05) is 10.6 Å². The summed E-state index contributed by atoms with van der Waals surface area (Å²) in [4.78, 5) is 0.710. The highest BCUT2D eigenvalue weighted by molar-refractivity contribution is 8.00. The van der Waals surface area contributed by atoms with Gasteiger partial charge in [-0.25, -0.2) is 4.39 Å². The largest absolute Gasteiger partial charge is 0.416 e. The molecule has 0 aliphatic rings. The molecule has 20 heavy (non-hydrogen) atoms. The van der Waals surface area contributed by atoms with Crippen molar-refractivity contribution in [3.05, 3.63) is 59.4 Å². The molecule has 1 nitrogen and oxygen atoms in total. The molecule has 0 fully saturated rings. The van der Waals surface area contributed by atoms with Crippen LogP contribution >= 0.6 is 11.9 Å². The van der Waals surface area contributed by atoms with Gasteiger partial charge in [-0.05, 0) is 66.9 Å². The lowest BCUT2D eigenvalue weighted by Gasteiger charge is -2.11. The Bertz CT molecular complexity index is 593. The summed E-state index contributed by atoms with van der Waals surface area (Å²) in [5, 5.41) is 0. The zero-order valence-corrected chi connectivity index (χ0v) is 11.3. The van der Waals surface area contributed by atoms with Gasteiger partial charge in [-0.2, -0.15) is 13.2 Å². The third-order valence-electron chi connectivity index (χ3n) is 2.51. The van der Waals surface area contributed by atoms with Gasteiger partial charge in [0.25, 0.3) is 0 Å². The number of aryl methyl sites for hydroxylation is 1. The molecule has 0 bridgehead atoms. The molecule has 0 saturated carbocycles. The molecule has 0 radical (unpaired) electrons. The van der Waals surface area contributed by atoms with Crippen LogP contribution in [0.1, 0.15) is 11.1 Å².